The molecule has 3 amide bonds. The number of anilines is 3. The fraction of sp³-hybridized carbons (Fsp3) is 0.269. The molecule has 5 N–H and O–H groups in total. The maximum atomic E-state index is 12.8. The summed E-state index contributed by atoms with van der Waals surface area (Å²) >= 11 is 0. The fourth-order valence-corrected chi connectivity index (χ4v) is 3.54. The van der Waals surface area contributed by atoms with Gasteiger partial charge >= 0.3 is 12.2 Å². The summed E-state index contributed by atoms with van der Waals surface area (Å²) in [4.78, 5) is 31.5. The Morgan fingerprint density at radius 2 is 1.70 bits per heavy atom. The number of alkyl halides is 3. The monoisotopic (exact) mass is 514 g/mol. The molecule has 0 spiro atoms. The van der Waals surface area contributed by atoms with Crippen LogP contribution in [0, 0.1) is 0 Å². The van der Waals surface area contributed by atoms with Crippen molar-refractivity contribution in [2.75, 3.05) is 37.0 Å². The first-order valence-electron chi connectivity index (χ1n) is 11.5. The summed E-state index contributed by atoms with van der Waals surface area (Å²) in [5.41, 5.74) is 7.05. The molecule has 0 radical (unpaired) electrons. The predicted octanol–water partition coefficient (Wildman–Crippen LogP) is 5.14. The van der Waals surface area contributed by atoms with Gasteiger partial charge in [0, 0.05) is 11.9 Å². The lowest BCUT2D eigenvalue weighted by Gasteiger charge is -2.21. The lowest BCUT2D eigenvalue weighted by atomic mass is 10.0. The second kappa shape index (κ2) is 12.2. The fourth-order valence-electron chi connectivity index (χ4n) is 3.54. The number of nitrogen functional groups attached to an aromatic ring is 1. The Labute approximate surface area is 213 Å². The van der Waals surface area contributed by atoms with Crippen LogP contribution in [0.5, 0.6) is 0 Å². The standard InChI is InChI=1S/C26H29F3N6O2/c1-35(2)15-5-8-21(34-25(37)32-19-12-10-18(11-13-19)26(27,28)29)17-9-14-23(31-16-17)24(36)33-22-7-4-3-6-20(22)30/h3-4,6-7,9-14,16,21H,5,8,15,30H2,1-2H3,(H,33,36)(H2,32,34,37). The van der Waals surface area contributed by atoms with Crippen LogP contribution in [-0.4, -0.2) is 42.5 Å². The van der Waals surface area contributed by atoms with Crippen molar-refractivity contribution in [2.45, 2.75) is 25.1 Å². The molecule has 0 bridgehead atoms. The second-order valence-corrected chi connectivity index (χ2v) is 8.69. The number of carbonyl (C=O) groups excluding carboxylic acids is 2. The molecule has 1 heterocycles. The van der Waals surface area contributed by atoms with Crippen LogP contribution in [0.3, 0.4) is 0 Å². The number of amides is 3. The number of halogens is 3. The lowest BCUT2D eigenvalue weighted by molar-refractivity contribution is -0.137. The van der Waals surface area contributed by atoms with Crippen molar-refractivity contribution in [3.05, 3.63) is 83.7 Å². The van der Waals surface area contributed by atoms with E-state index in [0.717, 1.165) is 25.1 Å². The van der Waals surface area contributed by atoms with Crippen molar-refractivity contribution in [2.24, 2.45) is 0 Å². The van der Waals surface area contributed by atoms with Gasteiger partial charge in [-0.15, -0.1) is 0 Å². The summed E-state index contributed by atoms with van der Waals surface area (Å²) in [5, 5.41) is 8.12. The van der Waals surface area contributed by atoms with Gasteiger partial charge < -0.3 is 26.6 Å². The van der Waals surface area contributed by atoms with E-state index in [1.807, 2.05) is 19.0 Å². The van der Waals surface area contributed by atoms with Gasteiger partial charge in [0.25, 0.3) is 5.91 Å². The summed E-state index contributed by atoms with van der Waals surface area (Å²) in [6.07, 6.45) is -1.61. The Morgan fingerprint density at radius 1 is 1.00 bits per heavy atom. The molecular formula is C26H29F3N6O2. The van der Waals surface area contributed by atoms with Crippen LogP contribution >= 0.6 is 0 Å². The van der Waals surface area contributed by atoms with Crippen molar-refractivity contribution in [1.29, 1.82) is 0 Å². The third-order valence-corrected chi connectivity index (χ3v) is 5.50. The molecule has 0 aliphatic carbocycles. The average Bonchev–Trinajstić information content (AvgIpc) is 2.84. The highest BCUT2D eigenvalue weighted by Crippen LogP contribution is 2.30. The molecule has 0 fully saturated rings. The zero-order chi connectivity index (χ0) is 27.0. The van der Waals surface area contributed by atoms with Gasteiger partial charge in [-0.05, 0) is 81.5 Å². The number of rotatable bonds is 9. The number of hydrogen-bond donors (Lipinski definition) is 4. The first-order chi connectivity index (χ1) is 17.5. The highest BCUT2D eigenvalue weighted by molar-refractivity contribution is 6.04. The number of hydrogen-bond acceptors (Lipinski definition) is 5. The summed E-state index contributed by atoms with van der Waals surface area (Å²) < 4.78 is 38.3. The van der Waals surface area contributed by atoms with Crippen molar-refractivity contribution in [3.8, 4) is 0 Å². The van der Waals surface area contributed by atoms with Crippen molar-refractivity contribution in [3.63, 3.8) is 0 Å². The molecule has 37 heavy (non-hydrogen) atoms. The number of nitrogens with zero attached hydrogens (tertiary/aromatic N) is 2. The van der Waals surface area contributed by atoms with Crippen LogP contribution in [0.1, 0.15) is 40.5 Å². The van der Waals surface area contributed by atoms with E-state index in [2.05, 4.69) is 20.9 Å². The van der Waals surface area contributed by atoms with E-state index < -0.39 is 29.7 Å². The Bertz CT molecular complexity index is 1200. The number of aromatic nitrogens is 1. The molecule has 1 atom stereocenters. The molecule has 0 aliphatic rings. The largest absolute Gasteiger partial charge is 0.416 e. The van der Waals surface area contributed by atoms with Crippen LogP contribution in [0.25, 0.3) is 0 Å². The summed E-state index contributed by atoms with van der Waals surface area (Å²) in [6, 6.07) is 13.3. The van der Waals surface area contributed by atoms with Gasteiger partial charge in [0.2, 0.25) is 0 Å². The van der Waals surface area contributed by atoms with Gasteiger partial charge in [0.15, 0.2) is 0 Å². The molecule has 0 saturated carbocycles. The van der Waals surface area contributed by atoms with Gasteiger partial charge in [0.1, 0.15) is 5.69 Å². The number of nitrogens with one attached hydrogen (secondary N) is 3. The Kier molecular flexibility index (Phi) is 9.07. The van der Waals surface area contributed by atoms with Crippen LogP contribution in [0.15, 0.2) is 66.9 Å². The molecule has 3 aromatic rings. The number of benzene rings is 2. The maximum absolute atomic E-state index is 12.8. The van der Waals surface area contributed by atoms with Gasteiger partial charge in [-0.3, -0.25) is 9.78 Å². The van der Waals surface area contributed by atoms with Crippen LogP contribution in [0.2, 0.25) is 0 Å². The zero-order valence-electron chi connectivity index (χ0n) is 20.5. The molecule has 8 nitrogen and oxygen atoms in total. The number of urea groups is 1. The first-order valence-corrected chi connectivity index (χ1v) is 11.5. The van der Waals surface area contributed by atoms with E-state index in [1.165, 1.54) is 18.3 Å². The first kappa shape index (κ1) is 27.5. The molecule has 3 rings (SSSR count). The lowest BCUT2D eigenvalue weighted by Crippen LogP contribution is -2.33. The van der Waals surface area contributed by atoms with E-state index in [1.54, 1.807) is 36.4 Å². The van der Waals surface area contributed by atoms with Crippen LogP contribution in [0.4, 0.5) is 35.0 Å². The SMILES string of the molecule is CN(C)CCCC(NC(=O)Nc1ccc(C(F)(F)F)cc1)c1ccc(C(=O)Nc2ccccc2N)nc1. The number of para-hydroxylation sites is 2. The quantitative estimate of drug-likeness (QED) is 0.296. The molecule has 0 saturated heterocycles. The van der Waals surface area contributed by atoms with Crippen molar-refractivity contribution < 1.29 is 22.8 Å². The third-order valence-electron chi connectivity index (χ3n) is 5.50. The van der Waals surface area contributed by atoms with Crippen LogP contribution < -0.4 is 21.7 Å². The highest BCUT2D eigenvalue weighted by atomic mass is 19.4. The van der Waals surface area contributed by atoms with Crippen molar-refractivity contribution in [1.82, 2.24) is 15.2 Å². The minimum absolute atomic E-state index is 0.174. The molecule has 2 aromatic carbocycles. The Hall–Kier alpha value is -4.12. The summed E-state index contributed by atoms with van der Waals surface area (Å²) in [6.45, 7) is 0.783. The molecular weight excluding hydrogens is 485 g/mol. The minimum atomic E-state index is -4.46. The zero-order valence-corrected chi connectivity index (χ0v) is 20.5. The van der Waals surface area contributed by atoms with Crippen LogP contribution in [-0.2, 0) is 6.18 Å². The van der Waals surface area contributed by atoms with Crippen molar-refractivity contribution >= 4 is 29.0 Å². The van der Waals surface area contributed by atoms with Gasteiger partial charge in [-0.1, -0.05) is 18.2 Å². The second-order valence-electron chi connectivity index (χ2n) is 8.69. The summed E-state index contributed by atoms with van der Waals surface area (Å²) in [5.74, 6) is -0.429. The summed E-state index contributed by atoms with van der Waals surface area (Å²) in [7, 11) is 3.88. The molecule has 196 valence electrons. The van der Waals surface area contributed by atoms with E-state index in [0.29, 0.717) is 23.4 Å². The van der Waals surface area contributed by atoms with E-state index >= 15 is 0 Å². The molecule has 11 heteroatoms. The van der Waals surface area contributed by atoms with E-state index in [-0.39, 0.29) is 11.4 Å². The highest BCUT2D eigenvalue weighted by Gasteiger charge is 2.30. The molecule has 1 aromatic heterocycles. The number of nitrogens with two attached hydrogens (primary N) is 1. The normalized spacial score (nSPS) is 12.2. The Balaban J connectivity index is 1.69. The van der Waals surface area contributed by atoms with E-state index in [4.69, 9.17) is 5.73 Å². The number of pyridine rings is 1. The Morgan fingerprint density at radius 3 is 2.30 bits per heavy atom. The predicted molar refractivity (Wildman–Crippen MR) is 137 cm³/mol. The third kappa shape index (κ3) is 8.21. The van der Waals surface area contributed by atoms with Gasteiger partial charge in [0.05, 0.1) is 23.0 Å². The van der Waals surface area contributed by atoms with Gasteiger partial charge in [-0.2, -0.15) is 13.2 Å². The topological polar surface area (TPSA) is 112 Å². The van der Waals surface area contributed by atoms with E-state index in [9.17, 15) is 22.8 Å². The minimum Gasteiger partial charge on any atom is -0.397 e. The molecule has 1 unspecified atom stereocenters. The average molecular weight is 515 g/mol. The van der Waals surface area contributed by atoms with Gasteiger partial charge in [-0.25, -0.2) is 4.79 Å². The smallest absolute Gasteiger partial charge is 0.397 e. The number of carbonyl (C=O) groups is 2. The maximum Gasteiger partial charge on any atom is 0.416 e. The molecule has 0 aliphatic heterocycles.